The van der Waals surface area contributed by atoms with Crippen LogP contribution in [-0.4, -0.2) is 48.0 Å². The summed E-state index contributed by atoms with van der Waals surface area (Å²) >= 11 is 3.46. The Morgan fingerprint density at radius 2 is 1.86 bits per heavy atom. The molecule has 1 saturated heterocycles. The summed E-state index contributed by atoms with van der Waals surface area (Å²) in [6.45, 7) is 10.3. The molecule has 1 aliphatic rings. The highest BCUT2D eigenvalue weighted by Gasteiger charge is 2.26. The van der Waals surface area contributed by atoms with Crippen molar-refractivity contribution in [3.8, 4) is 0 Å². The minimum atomic E-state index is -0.0748. The van der Waals surface area contributed by atoms with Gasteiger partial charge in [0, 0.05) is 29.2 Å². The Morgan fingerprint density at radius 3 is 2.46 bits per heavy atom. The summed E-state index contributed by atoms with van der Waals surface area (Å²) in [6.07, 6.45) is -0.0748. The summed E-state index contributed by atoms with van der Waals surface area (Å²) in [6, 6.07) is 16.7. The van der Waals surface area contributed by atoms with Crippen LogP contribution in [0.25, 0.3) is 0 Å². The first-order valence-corrected chi connectivity index (χ1v) is 10.8. The number of rotatable bonds is 6. The summed E-state index contributed by atoms with van der Waals surface area (Å²) in [5.74, 6) is 0.0770. The van der Waals surface area contributed by atoms with Gasteiger partial charge in [0.2, 0.25) is 0 Å². The summed E-state index contributed by atoms with van der Waals surface area (Å²) in [4.78, 5) is 17.3. The molecular formula is C23H29BrN2O2. The number of morpholine rings is 1. The lowest BCUT2D eigenvalue weighted by atomic mass is 10.1. The van der Waals surface area contributed by atoms with Crippen LogP contribution in [0, 0.1) is 0 Å². The Labute approximate surface area is 176 Å². The van der Waals surface area contributed by atoms with E-state index in [1.165, 1.54) is 5.56 Å². The van der Waals surface area contributed by atoms with E-state index in [2.05, 4.69) is 53.7 Å². The zero-order valence-corrected chi connectivity index (χ0v) is 18.5. The second-order valence-electron chi connectivity index (χ2n) is 7.52. The van der Waals surface area contributed by atoms with E-state index < -0.39 is 0 Å². The maximum atomic E-state index is 13.0. The Bertz CT molecular complexity index is 774. The smallest absolute Gasteiger partial charge is 0.254 e. The number of carbonyl (C=O) groups excluding carboxylic acids is 1. The van der Waals surface area contributed by atoms with E-state index in [4.69, 9.17) is 4.74 Å². The van der Waals surface area contributed by atoms with Gasteiger partial charge in [0.25, 0.3) is 5.91 Å². The van der Waals surface area contributed by atoms with E-state index in [1.54, 1.807) is 0 Å². The average molecular weight is 445 g/mol. The molecule has 1 fully saturated rings. The molecule has 150 valence electrons. The van der Waals surface area contributed by atoms with Gasteiger partial charge in [-0.1, -0.05) is 47.1 Å². The van der Waals surface area contributed by atoms with E-state index in [-0.39, 0.29) is 12.0 Å². The second kappa shape index (κ2) is 9.68. The highest BCUT2D eigenvalue weighted by molar-refractivity contribution is 9.10. The lowest BCUT2D eigenvalue weighted by Gasteiger charge is -2.33. The number of benzene rings is 2. The van der Waals surface area contributed by atoms with Crippen molar-refractivity contribution >= 4 is 21.8 Å². The minimum Gasteiger partial charge on any atom is -0.370 e. The van der Waals surface area contributed by atoms with Crippen LogP contribution in [0.1, 0.15) is 48.4 Å². The van der Waals surface area contributed by atoms with Crippen molar-refractivity contribution in [1.29, 1.82) is 0 Å². The number of nitrogens with zero attached hydrogens (tertiary/aromatic N) is 2. The van der Waals surface area contributed by atoms with Gasteiger partial charge in [-0.05, 0) is 55.8 Å². The lowest BCUT2D eigenvalue weighted by Crippen LogP contribution is -2.42. The Kier molecular flexibility index (Phi) is 7.27. The van der Waals surface area contributed by atoms with Crippen molar-refractivity contribution in [1.82, 2.24) is 9.80 Å². The van der Waals surface area contributed by atoms with Crippen molar-refractivity contribution in [2.75, 3.05) is 26.2 Å². The van der Waals surface area contributed by atoms with Crippen molar-refractivity contribution in [2.45, 2.75) is 39.5 Å². The maximum absolute atomic E-state index is 13.0. The highest BCUT2D eigenvalue weighted by Crippen LogP contribution is 2.25. The first kappa shape index (κ1) is 21.0. The van der Waals surface area contributed by atoms with Crippen LogP contribution >= 0.6 is 15.9 Å². The average Bonchev–Trinajstić information content (AvgIpc) is 2.72. The topological polar surface area (TPSA) is 32.8 Å². The predicted octanol–water partition coefficient (Wildman–Crippen LogP) is 4.89. The van der Waals surface area contributed by atoms with Gasteiger partial charge in [-0.3, -0.25) is 9.69 Å². The third-order valence-corrected chi connectivity index (χ3v) is 5.85. The molecule has 4 nitrogen and oxygen atoms in total. The zero-order valence-electron chi connectivity index (χ0n) is 16.9. The van der Waals surface area contributed by atoms with Crippen LogP contribution in [0.15, 0.2) is 53.0 Å². The number of halogens is 1. The zero-order chi connectivity index (χ0) is 20.1. The van der Waals surface area contributed by atoms with Gasteiger partial charge >= 0.3 is 0 Å². The van der Waals surface area contributed by atoms with Gasteiger partial charge < -0.3 is 9.64 Å². The number of ether oxygens (including phenoxy) is 1. The Hall–Kier alpha value is -1.69. The van der Waals surface area contributed by atoms with Gasteiger partial charge in [-0.25, -0.2) is 0 Å². The molecule has 0 spiro atoms. The molecule has 1 aliphatic heterocycles. The molecule has 0 N–H and O–H groups in total. The Morgan fingerprint density at radius 1 is 1.18 bits per heavy atom. The van der Waals surface area contributed by atoms with Crippen LogP contribution in [0.2, 0.25) is 0 Å². The monoisotopic (exact) mass is 444 g/mol. The largest absolute Gasteiger partial charge is 0.370 e. The molecule has 1 heterocycles. The van der Waals surface area contributed by atoms with Crippen molar-refractivity contribution < 1.29 is 9.53 Å². The summed E-state index contributed by atoms with van der Waals surface area (Å²) in [5.41, 5.74) is 3.08. The van der Waals surface area contributed by atoms with Crippen LogP contribution in [0.4, 0.5) is 0 Å². The predicted molar refractivity (Wildman–Crippen MR) is 116 cm³/mol. The molecule has 2 aromatic carbocycles. The van der Waals surface area contributed by atoms with E-state index in [0.29, 0.717) is 25.7 Å². The first-order chi connectivity index (χ1) is 13.5. The van der Waals surface area contributed by atoms with Gasteiger partial charge in [0.15, 0.2) is 0 Å². The lowest BCUT2D eigenvalue weighted by molar-refractivity contribution is -0.0228. The molecule has 1 unspecified atom stereocenters. The highest BCUT2D eigenvalue weighted by atomic mass is 79.9. The van der Waals surface area contributed by atoms with Gasteiger partial charge in [0.05, 0.1) is 13.2 Å². The van der Waals surface area contributed by atoms with Crippen LogP contribution in [-0.2, 0) is 11.3 Å². The van der Waals surface area contributed by atoms with E-state index in [0.717, 1.165) is 28.7 Å². The maximum Gasteiger partial charge on any atom is 0.254 e. The number of carbonyl (C=O) groups is 1. The van der Waals surface area contributed by atoms with Crippen LogP contribution in [0.5, 0.6) is 0 Å². The molecular weight excluding hydrogens is 416 g/mol. The van der Waals surface area contributed by atoms with E-state index in [9.17, 15) is 4.79 Å². The van der Waals surface area contributed by atoms with Gasteiger partial charge in [-0.2, -0.15) is 0 Å². The summed E-state index contributed by atoms with van der Waals surface area (Å²) in [7, 11) is 0. The summed E-state index contributed by atoms with van der Waals surface area (Å²) in [5, 5.41) is 0. The summed E-state index contributed by atoms with van der Waals surface area (Å²) < 4.78 is 6.94. The fraction of sp³-hybridized carbons (Fsp3) is 0.435. The Balaban J connectivity index is 1.65. The van der Waals surface area contributed by atoms with E-state index in [1.807, 2.05) is 41.3 Å². The van der Waals surface area contributed by atoms with Crippen molar-refractivity contribution in [3.63, 3.8) is 0 Å². The number of hydrogen-bond acceptors (Lipinski definition) is 3. The molecule has 0 aromatic heterocycles. The molecule has 5 heteroatoms. The number of hydrogen-bond donors (Lipinski definition) is 0. The normalized spacial score (nSPS) is 17.4. The molecule has 1 amide bonds. The SMILES string of the molecule is CCN(Cc1ccc(C(=O)N2CCOC(c3ccc(Br)cc3)C2)cc1)C(C)C. The molecule has 1 atom stereocenters. The van der Waals surface area contributed by atoms with Gasteiger partial charge in [-0.15, -0.1) is 0 Å². The third kappa shape index (κ3) is 5.22. The van der Waals surface area contributed by atoms with Gasteiger partial charge in [0.1, 0.15) is 6.10 Å². The van der Waals surface area contributed by atoms with Crippen LogP contribution in [0.3, 0.4) is 0 Å². The van der Waals surface area contributed by atoms with Crippen LogP contribution < -0.4 is 0 Å². The van der Waals surface area contributed by atoms with Crippen molar-refractivity contribution in [2.24, 2.45) is 0 Å². The molecule has 2 aromatic rings. The van der Waals surface area contributed by atoms with E-state index >= 15 is 0 Å². The molecule has 28 heavy (non-hydrogen) atoms. The standard InChI is InChI=1S/C23H29BrN2O2/c1-4-25(17(2)3)15-18-5-7-20(8-6-18)23(27)26-13-14-28-22(16-26)19-9-11-21(24)12-10-19/h5-12,17,22H,4,13-16H2,1-3H3. The third-order valence-electron chi connectivity index (χ3n) is 5.32. The first-order valence-electron chi connectivity index (χ1n) is 9.97. The molecule has 0 saturated carbocycles. The molecule has 0 bridgehead atoms. The molecule has 0 aliphatic carbocycles. The van der Waals surface area contributed by atoms with Crippen molar-refractivity contribution in [3.05, 3.63) is 69.7 Å². The second-order valence-corrected chi connectivity index (χ2v) is 8.43. The minimum absolute atomic E-state index is 0.0748. The number of amides is 1. The fourth-order valence-electron chi connectivity index (χ4n) is 3.54. The molecule has 0 radical (unpaired) electrons. The quantitative estimate of drug-likeness (QED) is 0.635. The fourth-order valence-corrected chi connectivity index (χ4v) is 3.81. The molecule has 3 rings (SSSR count).